The summed E-state index contributed by atoms with van der Waals surface area (Å²) < 4.78 is 36.5. The molecule has 0 aromatic carbocycles. The minimum Gasteiger partial charge on any atom is -0.323 e. The zero-order valence-electron chi connectivity index (χ0n) is 6.75. The summed E-state index contributed by atoms with van der Waals surface area (Å²) >= 11 is 0. The van der Waals surface area contributed by atoms with E-state index in [0.29, 0.717) is 0 Å². The highest BCUT2D eigenvalue weighted by Crippen LogP contribution is 2.06. The van der Waals surface area contributed by atoms with Gasteiger partial charge in [-0.3, -0.25) is 4.98 Å². The van der Waals surface area contributed by atoms with E-state index in [1.165, 1.54) is 6.20 Å². The molecular weight excluding hydrogens is 181 g/mol. The van der Waals surface area contributed by atoms with Crippen LogP contribution in [0.25, 0.3) is 0 Å². The van der Waals surface area contributed by atoms with Crippen LogP contribution in [-0.4, -0.2) is 17.5 Å². The highest BCUT2D eigenvalue weighted by molar-refractivity contribution is 5.07. The average molecular weight is 190 g/mol. The fourth-order valence-corrected chi connectivity index (χ4v) is 0.891. The van der Waals surface area contributed by atoms with E-state index in [1.54, 1.807) is 0 Å². The van der Waals surface area contributed by atoms with Crippen molar-refractivity contribution in [3.63, 3.8) is 0 Å². The lowest BCUT2D eigenvalue weighted by Gasteiger charge is -2.08. The Hall–Kier alpha value is -1.10. The van der Waals surface area contributed by atoms with Crippen LogP contribution in [0.4, 0.5) is 13.2 Å². The predicted octanol–water partition coefficient (Wildman–Crippen LogP) is 1.36. The van der Waals surface area contributed by atoms with Crippen molar-refractivity contribution in [1.82, 2.24) is 4.98 Å². The molecular formula is C8H9F3N2. The van der Waals surface area contributed by atoms with Crippen LogP contribution in [0, 0.1) is 5.82 Å². The lowest BCUT2D eigenvalue weighted by atomic mass is 10.1. The van der Waals surface area contributed by atoms with E-state index in [-0.39, 0.29) is 12.1 Å². The Morgan fingerprint density at radius 2 is 2.15 bits per heavy atom. The zero-order chi connectivity index (χ0) is 9.84. The number of alkyl halides is 2. The number of rotatable bonds is 3. The number of nitrogens with two attached hydrogens (primary N) is 1. The summed E-state index contributed by atoms with van der Waals surface area (Å²) in [6.07, 6.45) is -1.50. The molecule has 0 aliphatic carbocycles. The summed E-state index contributed by atoms with van der Waals surface area (Å²) in [5.74, 6) is -0.494. The molecule has 0 aliphatic heterocycles. The van der Waals surface area contributed by atoms with Gasteiger partial charge in [0.25, 0.3) is 6.43 Å². The molecule has 72 valence electrons. The summed E-state index contributed by atoms with van der Waals surface area (Å²) in [5, 5.41) is 0. The minimum absolute atomic E-state index is 0.116. The molecule has 0 amide bonds. The van der Waals surface area contributed by atoms with Crippen LogP contribution in [0.2, 0.25) is 0 Å². The molecule has 1 atom stereocenters. The van der Waals surface area contributed by atoms with E-state index in [4.69, 9.17) is 5.73 Å². The van der Waals surface area contributed by atoms with Crippen LogP contribution in [0.3, 0.4) is 0 Å². The maximum absolute atomic E-state index is 12.6. The van der Waals surface area contributed by atoms with E-state index in [9.17, 15) is 13.2 Å². The lowest BCUT2D eigenvalue weighted by Crippen LogP contribution is -2.31. The van der Waals surface area contributed by atoms with Crippen LogP contribution in [0.15, 0.2) is 18.3 Å². The normalized spacial score (nSPS) is 13.3. The maximum atomic E-state index is 12.6. The predicted molar refractivity (Wildman–Crippen MR) is 41.9 cm³/mol. The highest BCUT2D eigenvalue weighted by Gasteiger charge is 2.16. The second-order valence-electron chi connectivity index (χ2n) is 2.67. The number of hydrogen-bond acceptors (Lipinski definition) is 2. The summed E-state index contributed by atoms with van der Waals surface area (Å²) in [7, 11) is 0. The fourth-order valence-electron chi connectivity index (χ4n) is 0.891. The summed E-state index contributed by atoms with van der Waals surface area (Å²) in [6.45, 7) is 0. The van der Waals surface area contributed by atoms with Gasteiger partial charge in [0.2, 0.25) is 0 Å². The van der Waals surface area contributed by atoms with Crippen molar-refractivity contribution in [2.75, 3.05) is 0 Å². The first-order valence-corrected chi connectivity index (χ1v) is 3.74. The van der Waals surface area contributed by atoms with Gasteiger partial charge in [0.1, 0.15) is 5.82 Å². The number of halogens is 3. The third-order valence-corrected chi connectivity index (χ3v) is 1.55. The van der Waals surface area contributed by atoms with Crippen LogP contribution in [-0.2, 0) is 6.42 Å². The van der Waals surface area contributed by atoms with Gasteiger partial charge < -0.3 is 5.73 Å². The Bertz CT molecular complexity index is 278. The molecule has 0 spiro atoms. The van der Waals surface area contributed by atoms with Gasteiger partial charge in [-0.2, -0.15) is 0 Å². The molecule has 0 aliphatic rings. The molecule has 0 radical (unpaired) electrons. The molecule has 1 heterocycles. The number of aromatic nitrogens is 1. The Labute approximate surface area is 73.6 Å². The van der Waals surface area contributed by atoms with Gasteiger partial charge in [-0.15, -0.1) is 0 Å². The lowest BCUT2D eigenvalue weighted by molar-refractivity contribution is 0.115. The van der Waals surface area contributed by atoms with Gasteiger partial charge in [0, 0.05) is 18.3 Å². The molecule has 0 fully saturated rings. The van der Waals surface area contributed by atoms with E-state index in [0.717, 1.165) is 12.1 Å². The van der Waals surface area contributed by atoms with Gasteiger partial charge in [0.05, 0.1) is 6.04 Å². The van der Waals surface area contributed by atoms with E-state index in [2.05, 4.69) is 4.98 Å². The Morgan fingerprint density at radius 3 is 2.69 bits per heavy atom. The molecule has 0 saturated heterocycles. The molecule has 1 unspecified atom stereocenters. The summed E-state index contributed by atoms with van der Waals surface area (Å²) in [5.41, 5.74) is 5.33. The maximum Gasteiger partial charge on any atom is 0.253 e. The van der Waals surface area contributed by atoms with Crippen LogP contribution in [0.1, 0.15) is 5.69 Å². The average Bonchev–Trinajstić information content (AvgIpc) is 2.04. The smallest absolute Gasteiger partial charge is 0.253 e. The van der Waals surface area contributed by atoms with Crippen molar-refractivity contribution >= 4 is 0 Å². The molecule has 2 nitrogen and oxygen atoms in total. The Morgan fingerprint density at radius 1 is 1.46 bits per heavy atom. The first kappa shape index (κ1) is 9.98. The van der Waals surface area contributed by atoms with Gasteiger partial charge in [-0.1, -0.05) is 0 Å². The highest BCUT2D eigenvalue weighted by atomic mass is 19.3. The topological polar surface area (TPSA) is 38.9 Å². The molecule has 2 N–H and O–H groups in total. The van der Waals surface area contributed by atoms with E-state index >= 15 is 0 Å². The van der Waals surface area contributed by atoms with Crippen LogP contribution in [0.5, 0.6) is 0 Å². The van der Waals surface area contributed by atoms with Gasteiger partial charge in [-0.05, 0) is 12.1 Å². The zero-order valence-corrected chi connectivity index (χ0v) is 6.75. The second-order valence-corrected chi connectivity index (χ2v) is 2.67. The van der Waals surface area contributed by atoms with Crippen LogP contribution >= 0.6 is 0 Å². The van der Waals surface area contributed by atoms with Gasteiger partial charge in [0.15, 0.2) is 0 Å². The molecule has 1 aromatic rings. The first-order chi connectivity index (χ1) is 6.09. The minimum atomic E-state index is -2.61. The Balaban J connectivity index is 2.64. The SMILES string of the molecule is NC(Cc1cc(F)ccn1)C(F)F. The molecule has 13 heavy (non-hydrogen) atoms. The van der Waals surface area contributed by atoms with E-state index in [1.807, 2.05) is 0 Å². The summed E-state index contributed by atoms with van der Waals surface area (Å²) in [4.78, 5) is 3.71. The van der Waals surface area contributed by atoms with Crippen molar-refractivity contribution < 1.29 is 13.2 Å². The van der Waals surface area contributed by atoms with Crippen molar-refractivity contribution in [2.45, 2.75) is 18.9 Å². The second kappa shape index (κ2) is 4.23. The molecule has 1 aromatic heterocycles. The first-order valence-electron chi connectivity index (χ1n) is 3.74. The monoisotopic (exact) mass is 190 g/mol. The summed E-state index contributed by atoms with van der Waals surface area (Å²) in [6, 6.07) is 0.967. The number of hydrogen-bond donors (Lipinski definition) is 1. The van der Waals surface area contributed by atoms with E-state index < -0.39 is 18.3 Å². The van der Waals surface area contributed by atoms with Crippen molar-refractivity contribution in [2.24, 2.45) is 5.73 Å². The van der Waals surface area contributed by atoms with Crippen LogP contribution < -0.4 is 5.73 Å². The molecule has 0 bridgehead atoms. The molecule has 5 heteroatoms. The number of pyridine rings is 1. The van der Waals surface area contributed by atoms with Crippen molar-refractivity contribution in [3.05, 3.63) is 29.8 Å². The number of nitrogens with zero attached hydrogens (tertiary/aromatic N) is 1. The quantitative estimate of drug-likeness (QED) is 0.781. The van der Waals surface area contributed by atoms with Gasteiger partial charge in [-0.25, -0.2) is 13.2 Å². The fraction of sp³-hybridized carbons (Fsp3) is 0.375. The third kappa shape index (κ3) is 3.02. The van der Waals surface area contributed by atoms with Crippen molar-refractivity contribution in [3.8, 4) is 0 Å². The van der Waals surface area contributed by atoms with Gasteiger partial charge >= 0.3 is 0 Å². The molecule has 0 saturated carbocycles. The standard InChI is InChI=1S/C8H9F3N2/c9-5-1-2-13-6(3-5)4-7(12)8(10)11/h1-3,7-8H,4,12H2. The largest absolute Gasteiger partial charge is 0.323 e. The Kier molecular flexibility index (Phi) is 3.25. The van der Waals surface area contributed by atoms with Crippen molar-refractivity contribution in [1.29, 1.82) is 0 Å². The molecule has 1 rings (SSSR count). The third-order valence-electron chi connectivity index (χ3n) is 1.55.